The Bertz CT molecular complexity index is 725. The molecule has 0 bridgehead atoms. The van der Waals surface area contributed by atoms with Gasteiger partial charge in [-0.25, -0.2) is 0 Å². The molecule has 7 nitrogen and oxygen atoms in total. The number of nitrogens with two attached hydrogens (primary N) is 1. The molecule has 3 N–H and O–H groups in total. The van der Waals surface area contributed by atoms with E-state index in [1.807, 2.05) is 35.2 Å². The molecule has 1 saturated heterocycles. The van der Waals surface area contributed by atoms with Crippen LogP contribution < -0.4 is 11.1 Å². The van der Waals surface area contributed by atoms with Gasteiger partial charge in [-0.2, -0.15) is 0 Å². The number of benzene rings is 1. The molecule has 0 saturated carbocycles. The van der Waals surface area contributed by atoms with E-state index in [1.165, 1.54) is 0 Å². The zero-order chi connectivity index (χ0) is 17.6. The third-order valence-electron chi connectivity index (χ3n) is 4.41. The van der Waals surface area contributed by atoms with Crippen LogP contribution in [0.2, 0.25) is 0 Å². The molecule has 2 heterocycles. The molecular formula is C18H21N5O2. The summed E-state index contributed by atoms with van der Waals surface area (Å²) in [4.78, 5) is 25.3. The lowest BCUT2D eigenvalue weighted by Gasteiger charge is -2.32. The largest absolute Gasteiger partial charge is 0.368 e. The highest BCUT2D eigenvalue weighted by Gasteiger charge is 2.23. The summed E-state index contributed by atoms with van der Waals surface area (Å²) < 4.78 is 0. The van der Waals surface area contributed by atoms with Gasteiger partial charge in [0.05, 0.1) is 0 Å². The summed E-state index contributed by atoms with van der Waals surface area (Å²) >= 11 is 0. The third kappa shape index (κ3) is 4.32. The highest BCUT2D eigenvalue weighted by atomic mass is 16.2. The summed E-state index contributed by atoms with van der Waals surface area (Å²) in [5.41, 5.74) is 6.03. The Hall–Kier alpha value is -2.96. The molecule has 0 spiro atoms. The number of hydrogen-bond acceptors (Lipinski definition) is 5. The van der Waals surface area contributed by atoms with E-state index in [4.69, 9.17) is 5.73 Å². The molecule has 0 atom stereocenters. The molecule has 3 rings (SSSR count). The average molecular weight is 339 g/mol. The maximum Gasteiger partial charge on any atom is 0.269 e. The first-order chi connectivity index (χ1) is 12.1. The number of amides is 2. The smallest absolute Gasteiger partial charge is 0.269 e. The van der Waals surface area contributed by atoms with Gasteiger partial charge in [0.1, 0.15) is 5.82 Å². The second-order valence-corrected chi connectivity index (χ2v) is 6.15. The zero-order valence-corrected chi connectivity index (χ0v) is 13.9. The monoisotopic (exact) mass is 339 g/mol. The first-order valence-electron chi connectivity index (χ1n) is 8.35. The quantitative estimate of drug-likeness (QED) is 0.860. The number of piperidine rings is 1. The van der Waals surface area contributed by atoms with Gasteiger partial charge >= 0.3 is 0 Å². The number of rotatable bonds is 5. The van der Waals surface area contributed by atoms with Crippen LogP contribution in [0.5, 0.6) is 0 Å². The van der Waals surface area contributed by atoms with Gasteiger partial charge < -0.3 is 16.0 Å². The van der Waals surface area contributed by atoms with Crippen LogP contribution in [0, 0.1) is 5.92 Å². The number of hydrogen-bond donors (Lipinski definition) is 2. The third-order valence-corrected chi connectivity index (χ3v) is 4.41. The standard InChI is InChI=1S/C18H21N5O2/c19-17(24)15-6-7-16(22-21-15)20-12-13-8-10-23(11-9-13)18(25)14-4-2-1-3-5-14/h1-7,13H,8-12H2,(H2,19,24)(H,20,22). The molecule has 25 heavy (non-hydrogen) atoms. The second kappa shape index (κ2) is 7.74. The van der Waals surface area contributed by atoms with Crippen LogP contribution in [0.4, 0.5) is 5.82 Å². The molecule has 1 aliphatic rings. The van der Waals surface area contributed by atoms with Gasteiger partial charge in [0.25, 0.3) is 11.8 Å². The first kappa shape index (κ1) is 16.9. The molecule has 1 aromatic carbocycles. The number of aromatic nitrogens is 2. The molecule has 1 fully saturated rings. The van der Waals surface area contributed by atoms with Crippen LogP contribution in [-0.2, 0) is 0 Å². The van der Waals surface area contributed by atoms with Gasteiger partial charge in [-0.1, -0.05) is 18.2 Å². The molecule has 0 unspecified atom stereocenters. The van der Waals surface area contributed by atoms with E-state index >= 15 is 0 Å². The van der Waals surface area contributed by atoms with Crippen molar-refractivity contribution in [2.75, 3.05) is 25.0 Å². The Labute approximate surface area is 146 Å². The normalized spacial score (nSPS) is 15.0. The summed E-state index contributed by atoms with van der Waals surface area (Å²) in [5, 5.41) is 10.9. The summed E-state index contributed by atoms with van der Waals surface area (Å²) in [6.07, 6.45) is 1.89. The fourth-order valence-electron chi connectivity index (χ4n) is 2.91. The summed E-state index contributed by atoms with van der Waals surface area (Å²) in [6.45, 7) is 2.27. The SMILES string of the molecule is NC(=O)c1ccc(NCC2CCN(C(=O)c3ccccc3)CC2)nn1. The van der Waals surface area contributed by atoms with Crippen molar-refractivity contribution in [2.45, 2.75) is 12.8 Å². The van der Waals surface area contributed by atoms with Gasteiger partial charge in [-0.05, 0) is 43.0 Å². The number of nitrogens with zero attached hydrogens (tertiary/aromatic N) is 3. The highest BCUT2D eigenvalue weighted by Crippen LogP contribution is 2.19. The van der Waals surface area contributed by atoms with Gasteiger partial charge in [0, 0.05) is 25.2 Å². The zero-order valence-electron chi connectivity index (χ0n) is 13.9. The van der Waals surface area contributed by atoms with Gasteiger partial charge in [0.15, 0.2) is 5.69 Å². The van der Waals surface area contributed by atoms with Crippen LogP contribution in [0.15, 0.2) is 42.5 Å². The average Bonchev–Trinajstić information content (AvgIpc) is 2.67. The Morgan fingerprint density at radius 3 is 2.40 bits per heavy atom. The van der Waals surface area contributed by atoms with Crippen LogP contribution in [0.3, 0.4) is 0 Å². The van der Waals surface area contributed by atoms with Crippen molar-refractivity contribution < 1.29 is 9.59 Å². The van der Waals surface area contributed by atoms with E-state index in [0.717, 1.165) is 38.0 Å². The van der Waals surface area contributed by atoms with Crippen molar-refractivity contribution in [3.63, 3.8) is 0 Å². The Morgan fingerprint density at radius 1 is 1.08 bits per heavy atom. The van der Waals surface area contributed by atoms with Crippen LogP contribution >= 0.6 is 0 Å². The molecule has 1 aromatic heterocycles. The summed E-state index contributed by atoms with van der Waals surface area (Å²) in [5.74, 6) is 0.597. The minimum absolute atomic E-state index is 0.0971. The maximum absolute atomic E-state index is 12.4. The molecule has 0 aliphatic carbocycles. The lowest BCUT2D eigenvalue weighted by atomic mass is 9.96. The van der Waals surface area contributed by atoms with Gasteiger partial charge in [-0.15, -0.1) is 10.2 Å². The molecule has 1 aliphatic heterocycles. The lowest BCUT2D eigenvalue weighted by molar-refractivity contribution is 0.0694. The highest BCUT2D eigenvalue weighted by molar-refractivity contribution is 5.94. The topological polar surface area (TPSA) is 101 Å². The molecule has 7 heteroatoms. The van der Waals surface area contributed by atoms with E-state index < -0.39 is 5.91 Å². The number of primary amides is 1. The second-order valence-electron chi connectivity index (χ2n) is 6.15. The predicted molar refractivity (Wildman–Crippen MR) is 94.1 cm³/mol. The van der Waals surface area contributed by atoms with E-state index in [-0.39, 0.29) is 11.6 Å². The van der Waals surface area contributed by atoms with Crippen molar-refractivity contribution in [3.8, 4) is 0 Å². The minimum atomic E-state index is -0.588. The Kier molecular flexibility index (Phi) is 5.23. The number of carbonyl (C=O) groups is 2. The molecule has 2 aromatic rings. The van der Waals surface area contributed by atoms with Crippen molar-refractivity contribution in [1.82, 2.24) is 15.1 Å². The van der Waals surface area contributed by atoms with Gasteiger partial charge in [-0.3, -0.25) is 9.59 Å². The number of likely N-dealkylation sites (tertiary alicyclic amines) is 1. The maximum atomic E-state index is 12.4. The number of carbonyl (C=O) groups excluding carboxylic acids is 2. The van der Waals surface area contributed by atoms with Crippen molar-refractivity contribution in [2.24, 2.45) is 11.7 Å². The Balaban J connectivity index is 1.46. The lowest BCUT2D eigenvalue weighted by Crippen LogP contribution is -2.39. The van der Waals surface area contributed by atoms with E-state index in [2.05, 4.69) is 15.5 Å². The minimum Gasteiger partial charge on any atom is -0.368 e. The molecule has 2 amide bonds. The van der Waals surface area contributed by atoms with Crippen molar-refractivity contribution >= 4 is 17.6 Å². The Morgan fingerprint density at radius 2 is 1.80 bits per heavy atom. The van der Waals surface area contributed by atoms with Crippen molar-refractivity contribution in [3.05, 3.63) is 53.7 Å². The van der Waals surface area contributed by atoms with Gasteiger partial charge in [0.2, 0.25) is 0 Å². The molecular weight excluding hydrogens is 318 g/mol. The fraction of sp³-hybridized carbons (Fsp3) is 0.333. The molecule has 130 valence electrons. The fourth-order valence-corrected chi connectivity index (χ4v) is 2.91. The van der Waals surface area contributed by atoms with Crippen molar-refractivity contribution in [1.29, 1.82) is 0 Å². The van der Waals surface area contributed by atoms with Crippen LogP contribution in [0.1, 0.15) is 33.7 Å². The van der Waals surface area contributed by atoms with Crippen LogP contribution in [0.25, 0.3) is 0 Å². The number of anilines is 1. The van der Waals surface area contributed by atoms with E-state index in [0.29, 0.717) is 11.7 Å². The summed E-state index contributed by atoms with van der Waals surface area (Å²) in [6, 6.07) is 12.6. The first-order valence-corrected chi connectivity index (χ1v) is 8.35. The predicted octanol–water partition coefficient (Wildman–Crippen LogP) is 1.54. The number of nitrogens with one attached hydrogen (secondary N) is 1. The summed E-state index contributed by atoms with van der Waals surface area (Å²) in [7, 11) is 0. The van der Waals surface area contributed by atoms with Crippen LogP contribution in [-0.4, -0.2) is 46.5 Å². The van der Waals surface area contributed by atoms with E-state index in [9.17, 15) is 9.59 Å². The molecule has 0 radical (unpaired) electrons. The van der Waals surface area contributed by atoms with E-state index in [1.54, 1.807) is 12.1 Å².